The van der Waals surface area contributed by atoms with Crippen molar-refractivity contribution in [1.29, 1.82) is 0 Å². The second-order valence-electron chi connectivity index (χ2n) is 7.52. The third kappa shape index (κ3) is 4.58. The predicted octanol–water partition coefficient (Wildman–Crippen LogP) is 4.44. The summed E-state index contributed by atoms with van der Waals surface area (Å²) in [6.45, 7) is 5.12. The summed E-state index contributed by atoms with van der Waals surface area (Å²) in [6, 6.07) is 9.91. The average Bonchev–Trinajstić information content (AvgIpc) is 3.12. The molecule has 0 amide bonds. The Balaban J connectivity index is 1.48. The molecule has 5 nitrogen and oxygen atoms in total. The molecule has 0 radical (unpaired) electrons. The maximum atomic E-state index is 12.5. The Morgan fingerprint density at radius 1 is 1.17 bits per heavy atom. The molecule has 4 rings (SSSR count). The van der Waals surface area contributed by atoms with Crippen LogP contribution in [-0.4, -0.2) is 26.0 Å². The molecule has 1 aromatic carbocycles. The van der Waals surface area contributed by atoms with Gasteiger partial charge in [0, 0.05) is 50.9 Å². The number of hydrogen-bond acceptors (Lipinski definition) is 3. The van der Waals surface area contributed by atoms with E-state index < -0.39 is 0 Å². The molecular weight excluding hydrogens is 407 g/mol. The van der Waals surface area contributed by atoms with Crippen LogP contribution in [0.2, 0.25) is 10.0 Å². The lowest BCUT2D eigenvalue weighted by molar-refractivity contribution is 0.235. The standard InChI is InChI=1S/C22H24Cl2N4O/c1-2-4-21-25-20-8-10-27(14-17(20)22(29)26-21)13-16-5-3-9-28(16)12-15-6-7-18(23)19(24)11-15/h3,5-7,9,11H,2,4,8,10,12-14H2,1H3,(H,25,26,29). The van der Waals surface area contributed by atoms with E-state index in [1.54, 1.807) is 0 Å². The third-order valence-corrected chi connectivity index (χ3v) is 6.07. The number of halogens is 2. The zero-order valence-electron chi connectivity index (χ0n) is 16.4. The van der Waals surface area contributed by atoms with Crippen LogP contribution in [0.5, 0.6) is 0 Å². The van der Waals surface area contributed by atoms with Gasteiger partial charge in [-0.15, -0.1) is 0 Å². The highest BCUT2D eigenvalue weighted by molar-refractivity contribution is 6.42. The van der Waals surface area contributed by atoms with Crippen LogP contribution in [0.25, 0.3) is 0 Å². The minimum absolute atomic E-state index is 0.00865. The van der Waals surface area contributed by atoms with Crippen LogP contribution < -0.4 is 5.56 Å². The first-order valence-corrected chi connectivity index (χ1v) is 10.7. The van der Waals surface area contributed by atoms with Gasteiger partial charge in [-0.25, -0.2) is 4.98 Å². The fraction of sp³-hybridized carbons (Fsp3) is 0.364. The van der Waals surface area contributed by atoms with Gasteiger partial charge in [0.25, 0.3) is 5.56 Å². The Kier molecular flexibility index (Phi) is 6.09. The van der Waals surface area contributed by atoms with E-state index in [-0.39, 0.29) is 5.56 Å². The molecule has 1 N–H and O–H groups in total. The van der Waals surface area contributed by atoms with E-state index in [1.165, 1.54) is 5.69 Å². The Morgan fingerprint density at radius 2 is 2.03 bits per heavy atom. The zero-order valence-corrected chi connectivity index (χ0v) is 17.9. The minimum Gasteiger partial charge on any atom is -0.346 e. The van der Waals surface area contributed by atoms with E-state index in [0.29, 0.717) is 16.6 Å². The smallest absolute Gasteiger partial charge is 0.255 e. The monoisotopic (exact) mass is 430 g/mol. The summed E-state index contributed by atoms with van der Waals surface area (Å²) in [5.41, 5.74) is 4.07. The molecule has 3 heterocycles. The molecule has 152 valence electrons. The van der Waals surface area contributed by atoms with E-state index in [2.05, 4.69) is 44.7 Å². The molecule has 0 aliphatic carbocycles. The molecule has 7 heteroatoms. The highest BCUT2D eigenvalue weighted by atomic mass is 35.5. The zero-order chi connectivity index (χ0) is 20.4. The van der Waals surface area contributed by atoms with Crippen LogP contribution in [0.1, 0.15) is 41.7 Å². The SMILES string of the molecule is CCCc1nc2c(c(=O)[nH]1)CN(Cc1cccn1Cc1ccc(Cl)c(Cl)c1)CC2. The highest BCUT2D eigenvalue weighted by Crippen LogP contribution is 2.24. The topological polar surface area (TPSA) is 53.9 Å². The third-order valence-electron chi connectivity index (χ3n) is 5.33. The summed E-state index contributed by atoms with van der Waals surface area (Å²) in [6.07, 6.45) is 4.67. The van der Waals surface area contributed by atoms with Gasteiger partial charge in [-0.1, -0.05) is 36.2 Å². The predicted molar refractivity (Wildman–Crippen MR) is 117 cm³/mol. The van der Waals surface area contributed by atoms with Crippen molar-refractivity contribution in [2.24, 2.45) is 0 Å². The summed E-state index contributed by atoms with van der Waals surface area (Å²) in [5, 5.41) is 1.13. The highest BCUT2D eigenvalue weighted by Gasteiger charge is 2.22. The van der Waals surface area contributed by atoms with E-state index in [0.717, 1.165) is 61.5 Å². The number of hydrogen-bond donors (Lipinski definition) is 1. The summed E-state index contributed by atoms with van der Waals surface area (Å²) >= 11 is 12.2. The van der Waals surface area contributed by atoms with Crippen molar-refractivity contribution in [1.82, 2.24) is 19.4 Å². The first-order chi connectivity index (χ1) is 14.0. The lowest BCUT2D eigenvalue weighted by Gasteiger charge is -2.28. The van der Waals surface area contributed by atoms with E-state index in [4.69, 9.17) is 23.2 Å². The van der Waals surface area contributed by atoms with Gasteiger partial charge in [-0.3, -0.25) is 9.69 Å². The van der Waals surface area contributed by atoms with Gasteiger partial charge in [-0.05, 0) is 36.2 Å². The summed E-state index contributed by atoms with van der Waals surface area (Å²) in [5.74, 6) is 0.806. The largest absolute Gasteiger partial charge is 0.346 e. The Hall–Kier alpha value is -2.08. The van der Waals surface area contributed by atoms with Crippen LogP contribution in [0.4, 0.5) is 0 Å². The summed E-state index contributed by atoms with van der Waals surface area (Å²) in [7, 11) is 0. The van der Waals surface area contributed by atoms with Crippen LogP contribution in [0, 0.1) is 0 Å². The summed E-state index contributed by atoms with van der Waals surface area (Å²) in [4.78, 5) is 22.5. The van der Waals surface area contributed by atoms with Gasteiger partial charge in [-0.2, -0.15) is 0 Å². The quantitative estimate of drug-likeness (QED) is 0.628. The molecule has 0 saturated carbocycles. The van der Waals surface area contributed by atoms with Crippen LogP contribution in [0.15, 0.2) is 41.3 Å². The van der Waals surface area contributed by atoms with E-state index >= 15 is 0 Å². The van der Waals surface area contributed by atoms with Gasteiger partial charge < -0.3 is 9.55 Å². The van der Waals surface area contributed by atoms with Crippen molar-refractivity contribution in [2.75, 3.05) is 6.54 Å². The van der Waals surface area contributed by atoms with E-state index in [1.807, 2.05) is 18.2 Å². The van der Waals surface area contributed by atoms with Crippen molar-refractivity contribution in [3.05, 3.63) is 85.3 Å². The van der Waals surface area contributed by atoms with Gasteiger partial charge >= 0.3 is 0 Å². The maximum absolute atomic E-state index is 12.5. The Bertz CT molecular complexity index is 1070. The number of aromatic nitrogens is 3. The lowest BCUT2D eigenvalue weighted by Crippen LogP contribution is -2.36. The van der Waals surface area contributed by atoms with Gasteiger partial charge in [0.1, 0.15) is 5.82 Å². The van der Waals surface area contributed by atoms with Crippen LogP contribution in [0.3, 0.4) is 0 Å². The van der Waals surface area contributed by atoms with E-state index in [9.17, 15) is 4.79 Å². The molecule has 2 aromatic heterocycles. The van der Waals surface area contributed by atoms with Gasteiger partial charge in [0.15, 0.2) is 0 Å². The second kappa shape index (κ2) is 8.74. The Labute approximate surface area is 180 Å². The number of rotatable bonds is 6. The number of H-pyrrole nitrogens is 1. The normalized spacial score (nSPS) is 14.2. The van der Waals surface area contributed by atoms with Crippen molar-refractivity contribution in [3.63, 3.8) is 0 Å². The number of nitrogens with zero attached hydrogens (tertiary/aromatic N) is 3. The lowest BCUT2D eigenvalue weighted by atomic mass is 10.1. The minimum atomic E-state index is 0.00865. The number of aromatic amines is 1. The molecule has 3 aromatic rings. The molecule has 0 spiro atoms. The first-order valence-electron chi connectivity index (χ1n) is 9.94. The number of benzene rings is 1. The van der Waals surface area contributed by atoms with Gasteiger partial charge in [0.05, 0.1) is 21.3 Å². The van der Waals surface area contributed by atoms with Crippen molar-refractivity contribution < 1.29 is 0 Å². The van der Waals surface area contributed by atoms with Crippen molar-refractivity contribution in [3.8, 4) is 0 Å². The number of aryl methyl sites for hydroxylation is 1. The molecule has 0 saturated heterocycles. The molecule has 0 bridgehead atoms. The number of fused-ring (bicyclic) bond motifs is 1. The van der Waals surface area contributed by atoms with Crippen molar-refractivity contribution in [2.45, 2.75) is 45.8 Å². The van der Waals surface area contributed by atoms with Crippen LogP contribution >= 0.6 is 23.2 Å². The molecule has 0 unspecified atom stereocenters. The first kappa shape index (κ1) is 20.2. The maximum Gasteiger partial charge on any atom is 0.255 e. The molecule has 1 aliphatic rings. The molecule has 29 heavy (non-hydrogen) atoms. The van der Waals surface area contributed by atoms with Gasteiger partial charge in [0.2, 0.25) is 0 Å². The average molecular weight is 431 g/mol. The fourth-order valence-corrected chi connectivity index (χ4v) is 4.15. The Morgan fingerprint density at radius 3 is 2.83 bits per heavy atom. The molecule has 0 fully saturated rings. The van der Waals surface area contributed by atoms with Crippen molar-refractivity contribution >= 4 is 23.2 Å². The molecule has 1 aliphatic heterocycles. The van der Waals surface area contributed by atoms with Crippen LogP contribution in [-0.2, 0) is 32.5 Å². The summed E-state index contributed by atoms with van der Waals surface area (Å²) < 4.78 is 2.21. The second-order valence-corrected chi connectivity index (χ2v) is 8.34. The number of nitrogens with one attached hydrogen (secondary N) is 1. The molecule has 0 atom stereocenters. The molecular formula is C22H24Cl2N4O. The fourth-order valence-electron chi connectivity index (χ4n) is 3.83.